The molecule has 1 fully saturated rings. The number of halogens is 1. The van der Waals surface area contributed by atoms with Crippen LogP contribution in [0.25, 0.3) is 17.4 Å². The Morgan fingerprint density at radius 1 is 1.32 bits per heavy atom. The van der Waals surface area contributed by atoms with Crippen LogP contribution in [0.5, 0.6) is 0 Å². The Balaban J connectivity index is 1.90. The van der Waals surface area contributed by atoms with Crippen LogP contribution in [-0.2, 0) is 4.79 Å². The second-order valence-electron chi connectivity index (χ2n) is 5.16. The van der Waals surface area contributed by atoms with E-state index >= 15 is 0 Å². The van der Waals surface area contributed by atoms with Gasteiger partial charge in [0.1, 0.15) is 22.2 Å². The van der Waals surface area contributed by atoms with E-state index in [1.807, 2.05) is 0 Å². The Labute approximate surface area is 146 Å². The van der Waals surface area contributed by atoms with Crippen molar-refractivity contribution in [3.63, 3.8) is 0 Å². The van der Waals surface area contributed by atoms with Crippen molar-refractivity contribution in [2.24, 2.45) is 0 Å². The molecule has 1 N–H and O–H groups in total. The Morgan fingerprint density at radius 2 is 2.08 bits per heavy atom. The van der Waals surface area contributed by atoms with Crippen LogP contribution in [-0.4, -0.2) is 28.3 Å². The van der Waals surface area contributed by atoms with E-state index in [9.17, 15) is 19.7 Å². The van der Waals surface area contributed by atoms with Crippen LogP contribution in [0.3, 0.4) is 0 Å². The van der Waals surface area contributed by atoms with E-state index in [0.29, 0.717) is 17.1 Å². The lowest BCUT2D eigenvalue weighted by Crippen LogP contribution is -2.30. The number of carbonyl (C=O) groups is 2. The van der Waals surface area contributed by atoms with Crippen molar-refractivity contribution in [3.05, 3.63) is 56.9 Å². The second-order valence-corrected chi connectivity index (χ2v) is 5.57. The van der Waals surface area contributed by atoms with Crippen LogP contribution >= 0.6 is 11.6 Å². The Bertz CT molecular complexity index is 918. The van der Waals surface area contributed by atoms with Gasteiger partial charge < -0.3 is 9.73 Å². The fraction of sp³-hybridized carbons (Fsp3) is 0.125. The van der Waals surface area contributed by atoms with Crippen molar-refractivity contribution in [1.82, 2.24) is 10.2 Å². The third kappa shape index (κ3) is 3.11. The third-order valence-corrected chi connectivity index (χ3v) is 3.94. The molecule has 2 heterocycles. The number of urea groups is 1. The smallest absolute Gasteiger partial charge is 0.328 e. The molecule has 1 saturated heterocycles. The average molecular weight is 362 g/mol. The normalized spacial score (nSPS) is 15.8. The molecular formula is C16H12ClN3O5. The topological polar surface area (TPSA) is 106 Å². The summed E-state index contributed by atoms with van der Waals surface area (Å²) in [5.74, 6) is 0.262. The number of benzene rings is 1. The highest BCUT2D eigenvalue weighted by Crippen LogP contribution is 2.31. The molecule has 0 radical (unpaired) electrons. The number of amides is 3. The minimum absolute atomic E-state index is 0.0292. The summed E-state index contributed by atoms with van der Waals surface area (Å²) in [5, 5.41) is 13.5. The molecule has 0 atom stereocenters. The van der Waals surface area contributed by atoms with Gasteiger partial charge in [0.15, 0.2) is 0 Å². The Morgan fingerprint density at radius 3 is 2.72 bits per heavy atom. The maximum Gasteiger partial charge on any atom is 0.328 e. The van der Waals surface area contributed by atoms with Crippen LogP contribution in [0.1, 0.15) is 12.7 Å². The molecule has 8 nitrogen and oxygen atoms in total. The number of imide groups is 1. The monoisotopic (exact) mass is 361 g/mol. The van der Waals surface area contributed by atoms with Crippen molar-refractivity contribution in [1.29, 1.82) is 0 Å². The molecule has 0 unspecified atom stereocenters. The van der Waals surface area contributed by atoms with E-state index in [1.54, 1.807) is 25.1 Å². The predicted molar refractivity (Wildman–Crippen MR) is 89.7 cm³/mol. The molecule has 0 aliphatic carbocycles. The lowest BCUT2D eigenvalue weighted by Gasteiger charge is -2.05. The summed E-state index contributed by atoms with van der Waals surface area (Å²) in [5.41, 5.74) is 0.347. The highest BCUT2D eigenvalue weighted by molar-refractivity contribution is 6.32. The van der Waals surface area contributed by atoms with Gasteiger partial charge in [-0.05, 0) is 31.2 Å². The largest absolute Gasteiger partial charge is 0.457 e. The highest BCUT2D eigenvalue weighted by Gasteiger charge is 2.32. The van der Waals surface area contributed by atoms with E-state index < -0.39 is 16.9 Å². The van der Waals surface area contributed by atoms with Gasteiger partial charge in [-0.2, -0.15) is 0 Å². The van der Waals surface area contributed by atoms with E-state index in [0.717, 1.165) is 4.90 Å². The van der Waals surface area contributed by atoms with Gasteiger partial charge in [-0.15, -0.1) is 0 Å². The molecular weight excluding hydrogens is 350 g/mol. The number of likely N-dealkylation sites (N-methyl/N-ethyl adjacent to an activating group) is 1. The zero-order valence-electron chi connectivity index (χ0n) is 13.0. The van der Waals surface area contributed by atoms with Crippen molar-refractivity contribution in [2.75, 3.05) is 6.54 Å². The minimum atomic E-state index is -0.580. The van der Waals surface area contributed by atoms with Gasteiger partial charge in [-0.1, -0.05) is 11.6 Å². The number of hydrogen-bond acceptors (Lipinski definition) is 5. The van der Waals surface area contributed by atoms with Gasteiger partial charge in [-0.3, -0.25) is 19.8 Å². The molecule has 2 aromatic rings. The average Bonchev–Trinajstić information content (AvgIpc) is 3.13. The van der Waals surface area contributed by atoms with E-state index in [2.05, 4.69) is 5.32 Å². The van der Waals surface area contributed by atoms with Crippen LogP contribution in [0.2, 0.25) is 5.02 Å². The summed E-state index contributed by atoms with van der Waals surface area (Å²) in [4.78, 5) is 35.1. The Kier molecular flexibility index (Phi) is 4.28. The number of nitro groups is 1. The third-order valence-electron chi connectivity index (χ3n) is 3.62. The van der Waals surface area contributed by atoms with Crippen LogP contribution in [0.4, 0.5) is 10.5 Å². The first-order valence-corrected chi connectivity index (χ1v) is 7.67. The molecule has 1 aliphatic heterocycles. The summed E-state index contributed by atoms with van der Waals surface area (Å²) in [6, 6.07) is 7.02. The maximum atomic E-state index is 12.0. The SMILES string of the molecule is CCN1C(=O)N/C(=C\c2ccc(-c3ccc(Cl)c([N+](=O)[O-])c3)o2)C1=O. The number of furan rings is 1. The molecule has 3 rings (SSSR count). The van der Waals surface area contributed by atoms with Crippen LogP contribution in [0.15, 0.2) is 40.4 Å². The molecule has 0 bridgehead atoms. The Hall–Kier alpha value is -3.13. The summed E-state index contributed by atoms with van der Waals surface area (Å²) < 4.78 is 5.59. The standard InChI is InChI=1S/C16H12ClN3O5/c1-2-19-15(21)12(18-16(19)22)8-10-4-6-14(25-10)9-3-5-11(17)13(7-9)20(23)24/h3-8H,2H2,1H3,(H,18,22)/b12-8-. The van der Waals surface area contributed by atoms with Gasteiger partial charge in [-0.25, -0.2) is 4.79 Å². The molecule has 0 spiro atoms. The van der Waals surface area contributed by atoms with Gasteiger partial charge in [0.2, 0.25) is 0 Å². The molecule has 1 aliphatic rings. The number of hydrogen-bond donors (Lipinski definition) is 1. The minimum Gasteiger partial charge on any atom is -0.457 e. The van der Waals surface area contributed by atoms with Crippen LogP contribution < -0.4 is 5.32 Å². The molecule has 1 aromatic carbocycles. The highest BCUT2D eigenvalue weighted by atomic mass is 35.5. The van der Waals surface area contributed by atoms with Crippen LogP contribution in [0, 0.1) is 10.1 Å². The second kappa shape index (κ2) is 6.40. The summed E-state index contributed by atoms with van der Waals surface area (Å²) in [6.45, 7) is 1.96. The molecule has 1 aromatic heterocycles. The van der Waals surface area contributed by atoms with Gasteiger partial charge in [0.05, 0.1) is 4.92 Å². The summed E-state index contributed by atoms with van der Waals surface area (Å²) >= 11 is 5.79. The quantitative estimate of drug-likeness (QED) is 0.388. The number of carbonyl (C=O) groups excluding carboxylic acids is 2. The number of nitrogens with zero attached hydrogens (tertiary/aromatic N) is 2. The lowest BCUT2D eigenvalue weighted by atomic mass is 10.1. The molecule has 0 saturated carbocycles. The van der Waals surface area contributed by atoms with Crippen molar-refractivity contribution >= 4 is 35.3 Å². The fourth-order valence-corrected chi connectivity index (χ4v) is 2.58. The fourth-order valence-electron chi connectivity index (χ4n) is 2.39. The molecule has 128 valence electrons. The van der Waals surface area contributed by atoms with Gasteiger partial charge >= 0.3 is 6.03 Å². The number of nitro benzene ring substituents is 1. The number of nitrogens with one attached hydrogen (secondary N) is 1. The zero-order valence-corrected chi connectivity index (χ0v) is 13.7. The maximum absolute atomic E-state index is 12.0. The van der Waals surface area contributed by atoms with E-state index in [-0.39, 0.29) is 23.0 Å². The van der Waals surface area contributed by atoms with Gasteiger partial charge in [0.25, 0.3) is 11.6 Å². The molecule has 3 amide bonds. The van der Waals surface area contributed by atoms with Crippen molar-refractivity contribution in [3.8, 4) is 11.3 Å². The first kappa shape index (κ1) is 16.7. The van der Waals surface area contributed by atoms with E-state index in [4.69, 9.17) is 16.0 Å². The molecule has 9 heteroatoms. The first-order valence-electron chi connectivity index (χ1n) is 7.29. The summed E-state index contributed by atoms with van der Waals surface area (Å²) in [7, 11) is 0. The molecule has 25 heavy (non-hydrogen) atoms. The summed E-state index contributed by atoms with van der Waals surface area (Å²) in [6.07, 6.45) is 1.41. The van der Waals surface area contributed by atoms with Gasteiger partial charge in [0, 0.05) is 24.3 Å². The first-order chi connectivity index (χ1) is 11.9. The van der Waals surface area contributed by atoms with E-state index in [1.165, 1.54) is 18.2 Å². The number of rotatable bonds is 4. The lowest BCUT2D eigenvalue weighted by molar-refractivity contribution is -0.384. The predicted octanol–water partition coefficient (Wildman–Crippen LogP) is 3.42. The zero-order chi connectivity index (χ0) is 18.1. The van der Waals surface area contributed by atoms with Crippen molar-refractivity contribution in [2.45, 2.75) is 6.92 Å². The van der Waals surface area contributed by atoms with Crippen molar-refractivity contribution < 1.29 is 18.9 Å².